The van der Waals surface area contributed by atoms with Gasteiger partial charge in [0, 0.05) is 27.7 Å². The standard InChI is InChI=1S/C10H16O7SSi/c1-6(11)15-19(16-7(2)12,17-8(3)13)10(5)14-9(4)18/h10H,1-5H3. The van der Waals surface area contributed by atoms with Crippen molar-refractivity contribution < 1.29 is 32.4 Å². The van der Waals surface area contributed by atoms with Gasteiger partial charge in [0.05, 0.1) is 0 Å². The van der Waals surface area contributed by atoms with Gasteiger partial charge in [-0.05, 0) is 19.1 Å². The van der Waals surface area contributed by atoms with E-state index in [0.29, 0.717) is 0 Å². The Morgan fingerprint density at radius 1 is 0.895 bits per heavy atom. The number of carbonyl (C=O) groups excluding carboxylic acids is 3. The second kappa shape index (κ2) is 7.19. The molecule has 0 aromatic rings. The summed E-state index contributed by atoms with van der Waals surface area (Å²) in [5, 5.41) is 0.135. The SMILES string of the molecule is CC(=O)O[Si](OC(C)=O)(OC(C)=O)C(C)OC(C)=S. The Morgan fingerprint density at radius 3 is 1.42 bits per heavy atom. The van der Waals surface area contributed by atoms with Crippen molar-refractivity contribution in [3.63, 3.8) is 0 Å². The molecule has 0 radical (unpaired) electrons. The Morgan fingerprint density at radius 2 is 1.21 bits per heavy atom. The molecular weight excluding hydrogens is 292 g/mol. The molecule has 0 saturated heterocycles. The van der Waals surface area contributed by atoms with Crippen molar-refractivity contribution in [2.75, 3.05) is 0 Å². The van der Waals surface area contributed by atoms with E-state index in [1.54, 1.807) is 0 Å². The summed E-state index contributed by atoms with van der Waals surface area (Å²) in [6.45, 7) is 6.24. The lowest BCUT2D eigenvalue weighted by Crippen LogP contribution is -2.59. The Bertz CT molecular complexity index is 355. The molecule has 0 fully saturated rings. The normalized spacial score (nSPS) is 12.1. The van der Waals surface area contributed by atoms with E-state index in [1.165, 1.54) is 13.8 Å². The van der Waals surface area contributed by atoms with E-state index < -0.39 is 32.4 Å². The molecule has 0 rings (SSSR count). The minimum Gasteiger partial charge on any atom is -0.476 e. The maximum absolute atomic E-state index is 11.2. The quantitative estimate of drug-likeness (QED) is 0.547. The molecule has 0 bridgehead atoms. The van der Waals surface area contributed by atoms with Gasteiger partial charge in [0.25, 0.3) is 17.9 Å². The molecule has 108 valence electrons. The van der Waals surface area contributed by atoms with Crippen LogP contribution >= 0.6 is 12.2 Å². The van der Waals surface area contributed by atoms with Crippen LogP contribution in [-0.4, -0.2) is 37.5 Å². The summed E-state index contributed by atoms with van der Waals surface area (Å²) in [5.74, 6) is -2.27. The van der Waals surface area contributed by atoms with Crippen LogP contribution in [0.3, 0.4) is 0 Å². The largest absolute Gasteiger partial charge is 0.748 e. The number of ether oxygens (including phenoxy) is 1. The summed E-state index contributed by atoms with van der Waals surface area (Å²) in [6, 6.07) is 0. The highest BCUT2D eigenvalue weighted by Crippen LogP contribution is 2.19. The van der Waals surface area contributed by atoms with Crippen molar-refractivity contribution in [3.05, 3.63) is 0 Å². The van der Waals surface area contributed by atoms with Crippen molar-refractivity contribution in [1.29, 1.82) is 0 Å². The van der Waals surface area contributed by atoms with Crippen LogP contribution in [0.1, 0.15) is 34.6 Å². The van der Waals surface area contributed by atoms with Gasteiger partial charge >= 0.3 is 8.80 Å². The molecule has 19 heavy (non-hydrogen) atoms. The van der Waals surface area contributed by atoms with Crippen LogP contribution in [0.4, 0.5) is 0 Å². The molecule has 0 aliphatic heterocycles. The third-order valence-corrected chi connectivity index (χ3v) is 4.62. The fourth-order valence-electron chi connectivity index (χ4n) is 1.23. The van der Waals surface area contributed by atoms with Gasteiger partial charge in [-0.1, -0.05) is 0 Å². The first-order chi connectivity index (χ1) is 8.59. The highest BCUT2D eigenvalue weighted by molar-refractivity contribution is 7.80. The van der Waals surface area contributed by atoms with Crippen LogP contribution in [0, 0.1) is 0 Å². The van der Waals surface area contributed by atoms with Crippen LogP contribution in [0.25, 0.3) is 0 Å². The molecule has 1 unspecified atom stereocenters. The molecule has 0 amide bonds. The van der Waals surface area contributed by atoms with Crippen LogP contribution in [0.15, 0.2) is 0 Å². The van der Waals surface area contributed by atoms with Gasteiger partial charge in [0.15, 0.2) is 5.05 Å². The molecule has 0 aliphatic carbocycles. The molecule has 7 nitrogen and oxygen atoms in total. The summed E-state index contributed by atoms with van der Waals surface area (Å²) in [4.78, 5) is 33.5. The molecule has 0 spiro atoms. The Labute approximate surface area is 117 Å². The van der Waals surface area contributed by atoms with Crippen LogP contribution < -0.4 is 0 Å². The van der Waals surface area contributed by atoms with Gasteiger partial charge in [0.2, 0.25) is 5.73 Å². The molecule has 1 atom stereocenters. The monoisotopic (exact) mass is 308 g/mol. The van der Waals surface area contributed by atoms with Gasteiger partial charge < -0.3 is 18.0 Å². The van der Waals surface area contributed by atoms with E-state index in [0.717, 1.165) is 20.8 Å². The van der Waals surface area contributed by atoms with Gasteiger partial charge in [-0.15, -0.1) is 0 Å². The van der Waals surface area contributed by atoms with E-state index >= 15 is 0 Å². The first-order valence-electron chi connectivity index (χ1n) is 5.35. The number of hydrogen-bond acceptors (Lipinski definition) is 8. The van der Waals surface area contributed by atoms with E-state index in [2.05, 4.69) is 0 Å². The van der Waals surface area contributed by atoms with Gasteiger partial charge in [-0.25, -0.2) is 0 Å². The molecule has 9 heteroatoms. The van der Waals surface area contributed by atoms with Crippen molar-refractivity contribution in [3.8, 4) is 0 Å². The Balaban J connectivity index is 5.42. The molecule has 0 aromatic carbocycles. The lowest BCUT2D eigenvalue weighted by Gasteiger charge is -2.30. The average molecular weight is 308 g/mol. The Kier molecular flexibility index (Phi) is 6.63. The van der Waals surface area contributed by atoms with Crippen molar-refractivity contribution >= 4 is 44.0 Å². The van der Waals surface area contributed by atoms with Crippen molar-refractivity contribution in [2.45, 2.75) is 40.3 Å². The minimum atomic E-state index is -4.01. The third-order valence-electron chi connectivity index (χ3n) is 1.70. The highest BCUT2D eigenvalue weighted by atomic mass is 32.1. The predicted molar refractivity (Wildman–Crippen MR) is 69.9 cm³/mol. The van der Waals surface area contributed by atoms with Crippen LogP contribution in [0.2, 0.25) is 0 Å². The summed E-state index contributed by atoms with van der Waals surface area (Å²) in [5.41, 5.74) is -0.985. The molecule has 0 heterocycles. The van der Waals surface area contributed by atoms with Gasteiger partial charge in [0.1, 0.15) is 0 Å². The van der Waals surface area contributed by atoms with Crippen molar-refractivity contribution in [2.24, 2.45) is 0 Å². The molecule has 0 aromatic heterocycles. The number of carbonyl (C=O) groups is 3. The number of rotatable bonds is 5. The molecular formula is C10H16O7SSi. The summed E-state index contributed by atoms with van der Waals surface area (Å²) in [7, 11) is -4.01. The third kappa shape index (κ3) is 6.29. The van der Waals surface area contributed by atoms with E-state index in [1.807, 2.05) is 0 Å². The van der Waals surface area contributed by atoms with Gasteiger partial charge in [-0.3, -0.25) is 14.4 Å². The Hall–Kier alpha value is -1.48. The zero-order valence-corrected chi connectivity index (χ0v) is 13.2. The van der Waals surface area contributed by atoms with E-state index in [-0.39, 0.29) is 5.05 Å². The van der Waals surface area contributed by atoms with Crippen molar-refractivity contribution in [1.82, 2.24) is 0 Å². The smallest absolute Gasteiger partial charge is 0.476 e. The molecule has 0 aliphatic rings. The predicted octanol–water partition coefficient (Wildman–Crippen LogP) is 0.906. The topological polar surface area (TPSA) is 88.1 Å². The zero-order valence-electron chi connectivity index (χ0n) is 11.3. The summed E-state index contributed by atoms with van der Waals surface area (Å²) < 4.78 is 20.0. The van der Waals surface area contributed by atoms with E-state index in [4.69, 9.17) is 30.2 Å². The van der Waals surface area contributed by atoms with Crippen LogP contribution in [0.5, 0.6) is 0 Å². The maximum Gasteiger partial charge on any atom is 0.748 e. The lowest BCUT2D eigenvalue weighted by atomic mass is 10.8. The number of hydrogen-bond donors (Lipinski definition) is 0. The first-order valence-corrected chi connectivity index (χ1v) is 7.56. The van der Waals surface area contributed by atoms with E-state index in [9.17, 15) is 14.4 Å². The summed E-state index contributed by atoms with van der Waals surface area (Å²) in [6.07, 6.45) is 0. The fraction of sp³-hybridized carbons (Fsp3) is 0.600. The van der Waals surface area contributed by atoms with Gasteiger partial charge in [-0.2, -0.15) is 0 Å². The zero-order chi connectivity index (χ0) is 15.2. The molecule has 0 N–H and O–H groups in total. The maximum atomic E-state index is 11.2. The molecule has 0 saturated carbocycles. The second-order valence-electron chi connectivity index (χ2n) is 3.64. The summed E-state index contributed by atoms with van der Waals surface area (Å²) >= 11 is 4.76. The minimum absolute atomic E-state index is 0.135. The average Bonchev–Trinajstić information content (AvgIpc) is 2.12. The lowest BCUT2D eigenvalue weighted by molar-refractivity contribution is -0.150. The first kappa shape index (κ1) is 17.5. The van der Waals surface area contributed by atoms with Crippen LogP contribution in [-0.2, 0) is 32.4 Å². The highest BCUT2D eigenvalue weighted by Gasteiger charge is 2.59. The number of thiocarbonyl (C=S) groups is 1. The fourth-order valence-corrected chi connectivity index (χ4v) is 3.61. The second-order valence-corrected chi connectivity index (χ2v) is 6.84.